The third-order valence-electron chi connectivity index (χ3n) is 5.46. The lowest BCUT2D eigenvalue weighted by molar-refractivity contribution is -0.139. The first-order chi connectivity index (χ1) is 16.5. The summed E-state index contributed by atoms with van der Waals surface area (Å²) >= 11 is 0. The molecule has 0 saturated heterocycles. The van der Waals surface area contributed by atoms with E-state index in [1.807, 2.05) is 68.4 Å². The molecule has 0 aliphatic rings. The molecule has 0 spiro atoms. The Bertz CT molecular complexity index is 1190. The van der Waals surface area contributed by atoms with Crippen LogP contribution in [0.3, 0.4) is 0 Å². The zero-order chi connectivity index (χ0) is 25.8. The topological polar surface area (TPSA) is 80.6 Å². The van der Waals surface area contributed by atoms with E-state index in [1.54, 1.807) is 31.9 Å². The van der Waals surface area contributed by atoms with Gasteiger partial charge in [-0.3, -0.25) is 14.2 Å². The van der Waals surface area contributed by atoms with E-state index in [-0.39, 0.29) is 17.7 Å². The second-order valence-corrected chi connectivity index (χ2v) is 10.1. The molecule has 186 valence electrons. The van der Waals surface area contributed by atoms with Gasteiger partial charge in [-0.2, -0.15) is 0 Å². The van der Waals surface area contributed by atoms with Gasteiger partial charge in [-0.1, -0.05) is 62.4 Å². The summed E-state index contributed by atoms with van der Waals surface area (Å²) in [6.45, 7) is 11.6. The zero-order valence-electron chi connectivity index (χ0n) is 21.4. The number of nitrogens with one attached hydrogen (secondary N) is 1. The van der Waals surface area contributed by atoms with Crippen molar-refractivity contribution in [2.24, 2.45) is 5.92 Å². The maximum absolute atomic E-state index is 13.7. The van der Waals surface area contributed by atoms with Gasteiger partial charge >= 0.3 is 6.09 Å². The number of nitrogens with zero attached hydrogens (tertiary/aromatic N) is 2. The Morgan fingerprint density at radius 2 is 1.63 bits per heavy atom. The molecule has 0 saturated carbocycles. The smallest absolute Gasteiger partial charge is 0.419 e. The van der Waals surface area contributed by atoms with Crippen molar-refractivity contribution in [2.75, 3.05) is 6.54 Å². The highest BCUT2D eigenvalue weighted by molar-refractivity contribution is 5.97. The number of hydrogen-bond acceptors (Lipinski definition) is 4. The number of carbonyl (C=O) groups excluding carboxylic acids is 3. The SMILES string of the molecule is CC(=O)N(CC(C)C)C(C(=O)NCc1ccccc1)c1cn(C(=O)OC(C)(C)C)c2ccccc12. The molecule has 3 aromatic rings. The maximum atomic E-state index is 13.7. The Kier molecular flexibility index (Phi) is 7.99. The minimum absolute atomic E-state index is 0.141. The highest BCUT2D eigenvalue weighted by Gasteiger charge is 2.33. The summed E-state index contributed by atoms with van der Waals surface area (Å²) in [4.78, 5) is 41.1. The van der Waals surface area contributed by atoms with Crippen LogP contribution in [0.2, 0.25) is 0 Å². The molecule has 1 N–H and O–H groups in total. The Labute approximate surface area is 207 Å². The first-order valence-corrected chi connectivity index (χ1v) is 11.9. The number of ether oxygens (including phenoxy) is 1. The van der Waals surface area contributed by atoms with Gasteiger partial charge in [0, 0.05) is 37.2 Å². The fourth-order valence-electron chi connectivity index (χ4n) is 4.03. The van der Waals surface area contributed by atoms with Crippen LogP contribution in [0, 0.1) is 5.92 Å². The van der Waals surface area contributed by atoms with E-state index in [1.165, 1.54) is 11.5 Å². The Hall–Kier alpha value is -3.61. The lowest BCUT2D eigenvalue weighted by atomic mass is 10.0. The molecule has 7 nitrogen and oxygen atoms in total. The first-order valence-electron chi connectivity index (χ1n) is 11.9. The van der Waals surface area contributed by atoms with Crippen molar-refractivity contribution in [1.29, 1.82) is 0 Å². The zero-order valence-corrected chi connectivity index (χ0v) is 21.4. The number of amides is 2. The van der Waals surface area contributed by atoms with Crippen LogP contribution in [0.4, 0.5) is 4.79 Å². The molecule has 0 radical (unpaired) electrons. The van der Waals surface area contributed by atoms with Gasteiger partial charge in [-0.15, -0.1) is 0 Å². The number of benzene rings is 2. The fraction of sp³-hybridized carbons (Fsp3) is 0.393. The van der Waals surface area contributed by atoms with Crippen LogP contribution >= 0.6 is 0 Å². The third kappa shape index (κ3) is 6.50. The molecule has 1 atom stereocenters. The number of carbonyl (C=O) groups is 3. The normalized spacial score (nSPS) is 12.4. The predicted molar refractivity (Wildman–Crippen MR) is 137 cm³/mol. The molecule has 3 rings (SSSR count). The molecule has 2 aromatic carbocycles. The summed E-state index contributed by atoms with van der Waals surface area (Å²) < 4.78 is 7.02. The van der Waals surface area contributed by atoms with Crippen LogP contribution in [0.5, 0.6) is 0 Å². The standard InChI is InChI=1S/C28H35N3O4/c1-19(2)17-30(20(3)32)25(26(33)29-16-21-12-8-7-9-13-21)23-18-31(27(34)35-28(4,5)6)24-15-11-10-14-22(23)24/h7-15,18-19,25H,16-17H2,1-6H3,(H,29,33). The summed E-state index contributed by atoms with van der Waals surface area (Å²) in [7, 11) is 0. The van der Waals surface area contributed by atoms with E-state index in [2.05, 4.69) is 5.32 Å². The average Bonchev–Trinajstić information content (AvgIpc) is 3.16. The number of hydrogen-bond donors (Lipinski definition) is 1. The molecule has 2 amide bonds. The van der Waals surface area contributed by atoms with Gasteiger partial charge in [0.05, 0.1) is 5.52 Å². The van der Waals surface area contributed by atoms with Gasteiger partial charge in [0.15, 0.2) is 0 Å². The molecule has 7 heteroatoms. The van der Waals surface area contributed by atoms with Crippen molar-refractivity contribution >= 4 is 28.8 Å². The summed E-state index contributed by atoms with van der Waals surface area (Å²) in [6, 6.07) is 16.0. The summed E-state index contributed by atoms with van der Waals surface area (Å²) in [5.74, 6) is -0.382. The molecule has 0 aliphatic heterocycles. The van der Waals surface area contributed by atoms with Gasteiger partial charge in [-0.25, -0.2) is 4.79 Å². The highest BCUT2D eigenvalue weighted by Crippen LogP contribution is 2.32. The Balaban J connectivity index is 2.10. The van der Waals surface area contributed by atoms with E-state index >= 15 is 0 Å². The minimum Gasteiger partial charge on any atom is -0.443 e. The van der Waals surface area contributed by atoms with Gasteiger partial charge in [0.1, 0.15) is 11.6 Å². The number of para-hydroxylation sites is 1. The lowest BCUT2D eigenvalue weighted by Crippen LogP contribution is -2.44. The van der Waals surface area contributed by atoms with Crippen molar-refractivity contribution in [3.05, 3.63) is 71.9 Å². The largest absolute Gasteiger partial charge is 0.443 e. The number of rotatable bonds is 7. The Morgan fingerprint density at radius 1 is 1.00 bits per heavy atom. The molecule has 0 aliphatic carbocycles. The molecule has 1 unspecified atom stereocenters. The molecular formula is C28H35N3O4. The molecular weight excluding hydrogens is 442 g/mol. The highest BCUT2D eigenvalue weighted by atomic mass is 16.6. The maximum Gasteiger partial charge on any atom is 0.419 e. The molecule has 0 fully saturated rings. The monoisotopic (exact) mass is 477 g/mol. The third-order valence-corrected chi connectivity index (χ3v) is 5.46. The van der Waals surface area contributed by atoms with Gasteiger partial charge in [-0.05, 0) is 38.3 Å². The summed E-state index contributed by atoms with van der Waals surface area (Å²) in [5, 5.41) is 3.71. The van der Waals surface area contributed by atoms with Crippen LogP contribution < -0.4 is 5.32 Å². The number of fused-ring (bicyclic) bond motifs is 1. The van der Waals surface area contributed by atoms with Crippen LogP contribution in [-0.4, -0.2) is 39.5 Å². The predicted octanol–water partition coefficient (Wildman–Crippen LogP) is 5.29. The lowest BCUT2D eigenvalue weighted by Gasteiger charge is -2.31. The second kappa shape index (κ2) is 10.8. The first kappa shape index (κ1) is 26.0. The van der Waals surface area contributed by atoms with E-state index in [0.29, 0.717) is 29.6 Å². The van der Waals surface area contributed by atoms with Gasteiger partial charge < -0.3 is 15.0 Å². The molecule has 1 aromatic heterocycles. The Morgan fingerprint density at radius 3 is 2.23 bits per heavy atom. The quantitative estimate of drug-likeness (QED) is 0.502. The average molecular weight is 478 g/mol. The van der Waals surface area contributed by atoms with Crippen LogP contribution in [0.15, 0.2) is 60.8 Å². The van der Waals surface area contributed by atoms with Gasteiger partial charge in [0.25, 0.3) is 0 Å². The van der Waals surface area contributed by atoms with Crippen molar-refractivity contribution < 1.29 is 19.1 Å². The number of aromatic nitrogens is 1. The van der Waals surface area contributed by atoms with Crippen LogP contribution in [0.1, 0.15) is 58.7 Å². The summed E-state index contributed by atoms with van der Waals surface area (Å²) in [5.41, 5.74) is 1.46. The van der Waals surface area contributed by atoms with Gasteiger partial charge in [0.2, 0.25) is 11.8 Å². The van der Waals surface area contributed by atoms with Crippen LogP contribution in [0.25, 0.3) is 10.9 Å². The van der Waals surface area contributed by atoms with E-state index < -0.39 is 17.7 Å². The van der Waals surface area contributed by atoms with Crippen molar-refractivity contribution in [2.45, 2.75) is 59.7 Å². The van der Waals surface area contributed by atoms with Crippen molar-refractivity contribution in [3.8, 4) is 0 Å². The van der Waals surface area contributed by atoms with E-state index in [4.69, 9.17) is 4.74 Å². The molecule has 35 heavy (non-hydrogen) atoms. The van der Waals surface area contributed by atoms with Crippen molar-refractivity contribution in [1.82, 2.24) is 14.8 Å². The minimum atomic E-state index is -0.910. The molecule has 0 bridgehead atoms. The fourth-order valence-corrected chi connectivity index (χ4v) is 4.03. The summed E-state index contributed by atoms with van der Waals surface area (Å²) in [6.07, 6.45) is 1.09. The van der Waals surface area contributed by atoms with Crippen molar-refractivity contribution in [3.63, 3.8) is 0 Å². The molecule has 1 heterocycles. The van der Waals surface area contributed by atoms with Crippen LogP contribution in [-0.2, 0) is 20.9 Å². The van der Waals surface area contributed by atoms with E-state index in [9.17, 15) is 14.4 Å². The second-order valence-electron chi connectivity index (χ2n) is 10.1. The van der Waals surface area contributed by atoms with E-state index in [0.717, 1.165) is 5.56 Å².